The minimum absolute atomic E-state index is 0.238. The summed E-state index contributed by atoms with van der Waals surface area (Å²) in [4.78, 5) is 14.1. The number of carbonyl (C=O) groups excluding carboxylic acids is 1. The monoisotopic (exact) mass is 448 g/mol. The van der Waals surface area contributed by atoms with Gasteiger partial charge in [-0.3, -0.25) is 4.79 Å². The van der Waals surface area contributed by atoms with Crippen LogP contribution in [0.5, 0.6) is 0 Å². The molecule has 3 heterocycles. The number of nitrogens with zero attached hydrogens (tertiary/aromatic N) is 2. The minimum atomic E-state index is -3.51. The van der Waals surface area contributed by atoms with Crippen LogP contribution in [-0.4, -0.2) is 56.8 Å². The van der Waals surface area contributed by atoms with E-state index < -0.39 is 10.0 Å². The molecule has 1 aliphatic heterocycles. The summed E-state index contributed by atoms with van der Waals surface area (Å²) in [7, 11) is -1.96. The summed E-state index contributed by atoms with van der Waals surface area (Å²) in [5.41, 5.74) is 0. The third kappa shape index (κ3) is 3.98. The van der Waals surface area contributed by atoms with Crippen LogP contribution in [0.1, 0.15) is 16.3 Å². The number of thiophene rings is 1. The molecule has 1 aliphatic rings. The van der Waals surface area contributed by atoms with E-state index in [1.807, 2.05) is 0 Å². The molecule has 0 aromatic carbocycles. The number of hydrogen-bond donors (Lipinski definition) is 0. The Balaban J connectivity index is 1.64. The van der Waals surface area contributed by atoms with Crippen molar-refractivity contribution in [3.8, 4) is 0 Å². The predicted octanol–water partition coefficient (Wildman–Crippen LogP) is 2.40. The lowest BCUT2D eigenvalue weighted by Crippen LogP contribution is -2.50. The first-order chi connectivity index (χ1) is 11.9. The molecule has 1 fully saturated rings. The third-order valence-electron chi connectivity index (χ3n) is 3.83. The van der Waals surface area contributed by atoms with E-state index in [1.165, 1.54) is 15.6 Å². The van der Waals surface area contributed by atoms with Crippen molar-refractivity contribution in [2.45, 2.75) is 10.8 Å². The van der Waals surface area contributed by atoms with Gasteiger partial charge in [-0.2, -0.15) is 4.31 Å². The lowest BCUT2D eigenvalue weighted by atomic mass is 10.3. The first-order valence-electron chi connectivity index (χ1n) is 7.54. The van der Waals surface area contributed by atoms with E-state index in [-0.39, 0.29) is 24.8 Å². The van der Waals surface area contributed by atoms with Crippen LogP contribution in [0.25, 0.3) is 0 Å². The SMILES string of the molecule is COCc1ccc(C(=O)N2CCN(S(=O)(=O)c3ccc(Br)s3)CC2)o1. The summed E-state index contributed by atoms with van der Waals surface area (Å²) in [5, 5.41) is 0. The number of carbonyl (C=O) groups is 1. The maximum Gasteiger partial charge on any atom is 0.289 e. The van der Waals surface area contributed by atoms with E-state index in [9.17, 15) is 13.2 Å². The molecule has 0 aliphatic carbocycles. The second kappa shape index (κ2) is 7.58. The van der Waals surface area contributed by atoms with Gasteiger partial charge >= 0.3 is 0 Å². The third-order valence-corrected chi connectivity index (χ3v) is 7.82. The molecule has 0 bridgehead atoms. The van der Waals surface area contributed by atoms with E-state index in [4.69, 9.17) is 9.15 Å². The van der Waals surface area contributed by atoms with Gasteiger partial charge in [0.15, 0.2) is 5.76 Å². The number of rotatable bonds is 5. The van der Waals surface area contributed by atoms with Crippen LogP contribution in [0.4, 0.5) is 0 Å². The normalized spacial score (nSPS) is 16.3. The van der Waals surface area contributed by atoms with Gasteiger partial charge < -0.3 is 14.1 Å². The standard InChI is InChI=1S/C15H17BrN2O5S2/c1-22-10-11-2-3-12(23-11)15(19)17-6-8-18(9-7-17)25(20,21)14-5-4-13(16)24-14/h2-5H,6-10H2,1H3. The van der Waals surface area contributed by atoms with Gasteiger partial charge in [0.2, 0.25) is 0 Å². The number of halogens is 1. The van der Waals surface area contributed by atoms with Crippen molar-refractivity contribution in [3.63, 3.8) is 0 Å². The smallest absolute Gasteiger partial charge is 0.289 e. The van der Waals surface area contributed by atoms with Crippen molar-refractivity contribution in [2.75, 3.05) is 33.3 Å². The summed E-state index contributed by atoms with van der Waals surface area (Å²) in [6.07, 6.45) is 0. The average Bonchev–Trinajstić information content (AvgIpc) is 3.24. The fourth-order valence-corrected chi connectivity index (χ4v) is 6.15. The number of ether oxygens (including phenoxy) is 1. The lowest BCUT2D eigenvalue weighted by Gasteiger charge is -2.33. The van der Waals surface area contributed by atoms with E-state index in [0.717, 1.165) is 3.79 Å². The summed E-state index contributed by atoms with van der Waals surface area (Å²) in [5.74, 6) is 0.583. The lowest BCUT2D eigenvalue weighted by molar-refractivity contribution is 0.0659. The zero-order valence-corrected chi connectivity index (χ0v) is 16.7. The summed E-state index contributed by atoms with van der Waals surface area (Å²) < 4.78 is 38.1. The molecule has 3 rings (SSSR count). The number of furan rings is 1. The molecule has 136 valence electrons. The molecule has 0 N–H and O–H groups in total. The van der Waals surface area contributed by atoms with Crippen molar-refractivity contribution >= 4 is 43.2 Å². The van der Waals surface area contributed by atoms with Gasteiger partial charge in [0, 0.05) is 33.3 Å². The molecule has 7 nitrogen and oxygen atoms in total. The zero-order valence-electron chi connectivity index (χ0n) is 13.5. The molecule has 25 heavy (non-hydrogen) atoms. The Hall–Kier alpha value is -1.20. The molecule has 0 radical (unpaired) electrons. The molecular weight excluding hydrogens is 432 g/mol. The fourth-order valence-electron chi connectivity index (χ4n) is 2.56. The van der Waals surface area contributed by atoms with Gasteiger partial charge in [-0.05, 0) is 40.2 Å². The Bertz CT molecular complexity index is 853. The second-order valence-corrected chi connectivity index (χ2v) is 10.1. The Labute approximate surface area is 158 Å². The largest absolute Gasteiger partial charge is 0.453 e. The van der Waals surface area contributed by atoms with Gasteiger partial charge in [-0.1, -0.05) is 0 Å². The van der Waals surface area contributed by atoms with E-state index in [2.05, 4.69) is 15.9 Å². The predicted molar refractivity (Wildman–Crippen MR) is 96.1 cm³/mol. The molecule has 0 saturated carbocycles. The molecule has 2 aromatic rings. The average molecular weight is 449 g/mol. The highest BCUT2D eigenvalue weighted by atomic mass is 79.9. The highest BCUT2D eigenvalue weighted by Gasteiger charge is 2.32. The molecule has 1 saturated heterocycles. The molecule has 0 atom stereocenters. The molecule has 0 unspecified atom stereocenters. The summed E-state index contributed by atoms with van der Waals surface area (Å²) >= 11 is 4.46. The minimum Gasteiger partial charge on any atom is -0.453 e. The molecule has 2 aromatic heterocycles. The van der Waals surface area contributed by atoms with Crippen LogP contribution in [0.15, 0.2) is 36.7 Å². The van der Waals surface area contributed by atoms with Crippen molar-refractivity contribution in [1.82, 2.24) is 9.21 Å². The Morgan fingerprint density at radius 2 is 1.96 bits per heavy atom. The van der Waals surface area contributed by atoms with Crippen LogP contribution >= 0.6 is 27.3 Å². The molecule has 0 spiro atoms. The van der Waals surface area contributed by atoms with Crippen LogP contribution in [0.2, 0.25) is 0 Å². The Morgan fingerprint density at radius 1 is 1.24 bits per heavy atom. The van der Waals surface area contributed by atoms with Crippen LogP contribution in [-0.2, 0) is 21.4 Å². The van der Waals surface area contributed by atoms with E-state index in [0.29, 0.717) is 29.7 Å². The number of hydrogen-bond acceptors (Lipinski definition) is 6. The Morgan fingerprint density at radius 3 is 2.56 bits per heavy atom. The topological polar surface area (TPSA) is 80.1 Å². The van der Waals surface area contributed by atoms with Crippen LogP contribution < -0.4 is 0 Å². The maximum absolute atomic E-state index is 12.6. The van der Waals surface area contributed by atoms with Gasteiger partial charge in [0.25, 0.3) is 15.9 Å². The van der Waals surface area contributed by atoms with Crippen LogP contribution in [0, 0.1) is 0 Å². The van der Waals surface area contributed by atoms with E-state index >= 15 is 0 Å². The van der Waals surface area contributed by atoms with Gasteiger partial charge in [-0.25, -0.2) is 8.42 Å². The number of amides is 1. The number of sulfonamides is 1. The second-order valence-electron chi connectivity index (χ2n) is 5.45. The van der Waals surface area contributed by atoms with Crippen molar-refractivity contribution in [3.05, 3.63) is 39.6 Å². The molecule has 10 heteroatoms. The summed E-state index contributed by atoms with van der Waals surface area (Å²) in [6.45, 7) is 1.47. The highest BCUT2D eigenvalue weighted by Crippen LogP contribution is 2.29. The van der Waals surface area contributed by atoms with Crippen molar-refractivity contribution < 1.29 is 22.4 Å². The Kier molecular flexibility index (Phi) is 5.64. The zero-order chi connectivity index (χ0) is 18.0. The van der Waals surface area contributed by atoms with Gasteiger partial charge in [0.05, 0.1) is 3.79 Å². The first-order valence-corrected chi connectivity index (χ1v) is 10.6. The van der Waals surface area contributed by atoms with Gasteiger partial charge in [0.1, 0.15) is 16.6 Å². The van der Waals surface area contributed by atoms with Gasteiger partial charge in [-0.15, -0.1) is 11.3 Å². The fraction of sp³-hybridized carbons (Fsp3) is 0.400. The molecule has 1 amide bonds. The van der Waals surface area contributed by atoms with Crippen molar-refractivity contribution in [2.24, 2.45) is 0 Å². The number of methoxy groups -OCH3 is 1. The quantitative estimate of drug-likeness (QED) is 0.701. The van der Waals surface area contributed by atoms with Crippen LogP contribution in [0.3, 0.4) is 0 Å². The maximum atomic E-state index is 12.6. The molecular formula is C15H17BrN2O5S2. The highest BCUT2D eigenvalue weighted by molar-refractivity contribution is 9.11. The summed E-state index contributed by atoms with van der Waals surface area (Å²) in [6, 6.07) is 6.61. The first kappa shape index (κ1) is 18.6. The van der Waals surface area contributed by atoms with E-state index in [1.54, 1.807) is 36.3 Å². The van der Waals surface area contributed by atoms with Crippen molar-refractivity contribution in [1.29, 1.82) is 0 Å². The number of piperazine rings is 1.